The number of carboxylic acids is 1. The first-order valence-electron chi connectivity index (χ1n) is 10.8. The second-order valence-corrected chi connectivity index (χ2v) is 9.73. The van der Waals surface area contributed by atoms with Crippen LogP contribution in [0.3, 0.4) is 0 Å². The Hall–Kier alpha value is -1.47. The Morgan fingerprint density at radius 1 is 0.964 bits per heavy atom. The highest BCUT2D eigenvalue weighted by atomic mass is 32.1. The van der Waals surface area contributed by atoms with Crippen molar-refractivity contribution in [1.29, 1.82) is 0 Å². The lowest BCUT2D eigenvalue weighted by Gasteiger charge is -2.31. The highest BCUT2D eigenvalue weighted by molar-refractivity contribution is 7.11. The van der Waals surface area contributed by atoms with Crippen molar-refractivity contribution in [2.24, 2.45) is 11.8 Å². The molecule has 2 saturated carbocycles. The van der Waals surface area contributed by atoms with Gasteiger partial charge < -0.3 is 15.7 Å². The third kappa shape index (κ3) is 4.57. The van der Waals surface area contributed by atoms with Crippen LogP contribution in [0.1, 0.15) is 72.9 Å². The second-order valence-electron chi connectivity index (χ2n) is 8.62. The predicted molar refractivity (Wildman–Crippen MR) is 109 cm³/mol. The summed E-state index contributed by atoms with van der Waals surface area (Å²) >= 11 is 1.90. The molecule has 0 bridgehead atoms. The minimum absolute atomic E-state index is 0.107. The Bertz CT molecular complexity index is 680. The van der Waals surface area contributed by atoms with Crippen LogP contribution in [0.5, 0.6) is 0 Å². The molecule has 2 heterocycles. The molecule has 0 radical (unpaired) electrons. The van der Waals surface area contributed by atoms with Gasteiger partial charge in [0.1, 0.15) is 0 Å². The Labute approximate surface area is 170 Å². The van der Waals surface area contributed by atoms with E-state index < -0.39 is 5.97 Å². The number of aliphatic carboxylic acids is 1. The molecule has 3 N–H and O–H groups in total. The van der Waals surface area contributed by atoms with Gasteiger partial charge in [0, 0.05) is 42.3 Å². The van der Waals surface area contributed by atoms with Crippen molar-refractivity contribution in [2.45, 2.75) is 76.2 Å². The number of carbonyl (C=O) groups is 2. The van der Waals surface area contributed by atoms with Crippen molar-refractivity contribution < 1.29 is 14.7 Å². The van der Waals surface area contributed by atoms with Crippen LogP contribution >= 0.6 is 11.3 Å². The van der Waals surface area contributed by atoms with E-state index in [1.165, 1.54) is 15.6 Å². The fraction of sp³-hybridized carbons (Fsp3) is 0.762. The minimum Gasteiger partial charge on any atom is -0.481 e. The van der Waals surface area contributed by atoms with Crippen molar-refractivity contribution in [3.05, 3.63) is 15.6 Å². The van der Waals surface area contributed by atoms with Gasteiger partial charge >= 0.3 is 5.97 Å². The Morgan fingerprint density at radius 2 is 1.64 bits per heavy atom. The summed E-state index contributed by atoms with van der Waals surface area (Å²) in [5.74, 6) is -0.125. The van der Waals surface area contributed by atoms with Crippen molar-refractivity contribution in [1.82, 2.24) is 15.6 Å². The number of hydrogen-bond donors (Lipinski definition) is 3. The molecule has 7 heteroatoms. The highest BCUT2D eigenvalue weighted by Crippen LogP contribution is 2.39. The largest absolute Gasteiger partial charge is 0.481 e. The maximum atomic E-state index is 12.7. The summed E-state index contributed by atoms with van der Waals surface area (Å²) in [6.07, 6.45) is 9.04. The number of nitrogens with one attached hydrogen (secondary N) is 2. The molecule has 0 unspecified atom stereocenters. The lowest BCUT2D eigenvalue weighted by molar-refractivity contribution is -0.142. The van der Waals surface area contributed by atoms with Crippen LogP contribution in [0, 0.1) is 11.8 Å². The number of aromatic nitrogens is 1. The number of thiazole rings is 1. The highest BCUT2D eigenvalue weighted by Gasteiger charge is 2.32. The molecular weight excluding hydrogens is 374 g/mol. The van der Waals surface area contributed by atoms with Crippen LogP contribution in [0.2, 0.25) is 0 Å². The Morgan fingerprint density at radius 3 is 2.36 bits per heavy atom. The van der Waals surface area contributed by atoms with Gasteiger partial charge in [0.15, 0.2) is 0 Å². The zero-order valence-corrected chi connectivity index (χ0v) is 17.2. The summed E-state index contributed by atoms with van der Waals surface area (Å²) in [7, 11) is 0. The summed E-state index contributed by atoms with van der Waals surface area (Å²) in [5, 5.41) is 17.0. The zero-order valence-electron chi connectivity index (χ0n) is 16.4. The molecule has 28 heavy (non-hydrogen) atoms. The van der Waals surface area contributed by atoms with Crippen LogP contribution in [-0.2, 0) is 22.4 Å². The van der Waals surface area contributed by atoms with E-state index in [4.69, 9.17) is 10.1 Å². The van der Waals surface area contributed by atoms with E-state index >= 15 is 0 Å². The molecule has 154 valence electrons. The molecule has 0 saturated heterocycles. The van der Waals surface area contributed by atoms with Gasteiger partial charge in [-0.3, -0.25) is 9.59 Å². The molecule has 4 rings (SSSR count). The molecule has 0 spiro atoms. The predicted octanol–water partition coefficient (Wildman–Crippen LogP) is 2.86. The van der Waals surface area contributed by atoms with Gasteiger partial charge in [0.25, 0.3) is 0 Å². The van der Waals surface area contributed by atoms with Crippen molar-refractivity contribution >= 4 is 23.2 Å². The van der Waals surface area contributed by atoms with E-state index in [9.17, 15) is 9.59 Å². The van der Waals surface area contributed by atoms with E-state index in [-0.39, 0.29) is 23.8 Å². The molecule has 0 atom stereocenters. The zero-order chi connectivity index (χ0) is 19.5. The van der Waals surface area contributed by atoms with Crippen molar-refractivity contribution in [3.63, 3.8) is 0 Å². The van der Waals surface area contributed by atoms with Crippen LogP contribution in [0.4, 0.5) is 0 Å². The number of fused-ring (bicyclic) bond motifs is 1. The summed E-state index contributed by atoms with van der Waals surface area (Å²) in [6, 6.07) is 0.157. The summed E-state index contributed by atoms with van der Waals surface area (Å²) < 4.78 is 0. The molecule has 1 aliphatic heterocycles. The molecule has 6 nitrogen and oxygen atoms in total. The standard InChI is InChI=1S/C21H31N3O3S/c25-19(23-16-7-5-15(6-8-16)21(26)27)13-1-3-14(4-2-13)20-24-17-9-11-22-12-10-18(17)28-20/h13-16,22H,1-12H2,(H,23,25)(H,26,27)/t13?,14?,15-,16-. The summed E-state index contributed by atoms with van der Waals surface area (Å²) in [4.78, 5) is 30.1. The number of rotatable bonds is 4. The average molecular weight is 406 g/mol. The van der Waals surface area contributed by atoms with Crippen LogP contribution in [-0.4, -0.2) is 41.1 Å². The van der Waals surface area contributed by atoms with Gasteiger partial charge in [-0.25, -0.2) is 4.98 Å². The van der Waals surface area contributed by atoms with Crippen molar-refractivity contribution in [3.8, 4) is 0 Å². The lowest BCUT2D eigenvalue weighted by Crippen LogP contribution is -2.42. The first-order chi connectivity index (χ1) is 13.6. The van der Waals surface area contributed by atoms with E-state index in [0.717, 1.165) is 64.5 Å². The SMILES string of the molecule is O=C(N[C@H]1CC[C@H](C(=O)O)CC1)C1CCC(c2nc3c(s2)CCNCC3)CC1. The normalized spacial score (nSPS) is 30.9. The molecule has 2 aliphatic carbocycles. The first-order valence-corrected chi connectivity index (χ1v) is 11.6. The van der Waals surface area contributed by atoms with Crippen molar-refractivity contribution in [2.75, 3.05) is 13.1 Å². The third-order valence-electron chi connectivity index (χ3n) is 6.73. The van der Waals surface area contributed by atoms with Gasteiger partial charge in [-0.05, 0) is 57.8 Å². The van der Waals surface area contributed by atoms with Gasteiger partial charge in [-0.15, -0.1) is 11.3 Å². The van der Waals surface area contributed by atoms with E-state index in [2.05, 4.69) is 10.6 Å². The quantitative estimate of drug-likeness (QED) is 0.716. The monoisotopic (exact) mass is 405 g/mol. The molecule has 3 aliphatic rings. The maximum Gasteiger partial charge on any atom is 0.306 e. The number of hydrogen-bond acceptors (Lipinski definition) is 5. The van der Waals surface area contributed by atoms with Gasteiger partial charge in [0.2, 0.25) is 5.91 Å². The third-order valence-corrected chi connectivity index (χ3v) is 8.05. The molecule has 2 fully saturated rings. The van der Waals surface area contributed by atoms with Crippen LogP contribution in [0.15, 0.2) is 0 Å². The molecule has 1 amide bonds. The Balaban J connectivity index is 1.25. The fourth-order valence-corrected chi connectivity index (χ4v) is 6.19. The first kappa shape index (κ1) is 19.8. The Kier molecular flexibility index (Phi) is 6.31. The molecule has 1 aromatic rings. The number of amides is 1. The van der Waals surface area contributed by atoms with E-state index in [0.29, 0.717) is 18.8 Å². The van der Waals surface area contributed by atoms with Gasteiger partial charge in [-0.1, -0.05) is 0 Å². The summed E-state index contributed by atoms with van der Waals surface area (Å²) in [5.41, 5.74) is 1.29. The molecule has 1 aromatic heterocycles. The molecular formula is C21H31N3O3S. The summed E-state index contributed by atoms with van der Waals surface area (Å²) in [6.45, 7) is 2.08. The fourth-order valence-electron chi connectivity index (χ4n) is 4.91. The smallest absolute Gasteiger partial charge is 0.306 e. The van der Waals surface area contributed by atoms with Gasteiger partial charge in [-0.2, -0.15) is 0 Å². The topological polar surface area (TPSA) is 91.3 Å². The van der Waals surface area contributed by atoms with E-state index in [1.807, 2.05) is 11.3 Å². The maximum absolute atomic E-state index is 12.7. The number of carbonyl (C=O) groups excluding carboxylic acids is 1. The molecule has 0 aromatic carbocycles. The number of carboxylic acid groups (broad SMARTS) is 1. The minimum atomic E-state index is -0.696. The second kappa shape index (κ2) is 8.91. The lowest BCUT2D eigenvalue weighted by atomic mass is 9.81. The van der Waals surface area contributed by atoms with Gasteiger partial charge in [0.05, 0.1) is 16.6 Å². The van der Waals surface area contributed by atoms with Crippen LogP contribution in [0.25, 0.3) is 0 Å². The number of nitrogens with zero attached hydrogens (tertiary/aromatic N) is 1. The van der Waals surface area contributed by atoms with E-state index in [1.54, 1.807) is 0 Å². The average Bonchev–Trinajstić information content (AvgIpc) is 2.99. The van der Waals surface area contributed by atoms with Crippen LogP contribution < -0.4 is 10.6 Å².